The Morgan fingerprint density at radius 3 is 2.79 bits per heavy atom. The average Bonchev–Trinajstić information content (AvgIpc) is 3.26. The molecule has 1 aliphatic carbocycles. The van der Waals surface area contributed by atoms with Gasteiger partial charge < -0.3 is 10.2 Å². The summed E-state index contributed by atoms with van der Waals surface area (Å²) >= 11 is 0.570. The number of rotatable bonds is 4. The highest BCUT2D eigenvalue weighted by molar-refractivity contribution is 7.15. The summed E-state index contributed by atoms with van der Waals surface area (Å²) in [6.07, 6.45) is -0.629. The fourth-order valence-electron chi connectivity index (χ4n) is 3.94. The Bertz CT molecular complexity index is 962. The SMILES string of the molecule is O=C1c2cc([N+](=O)[O-])ccc2CN1[C@H]1CCC[C@@H](Nc2ncc(C(F)(F)F)s2)C1. The lowest BCUT2D eigenvalue weighted by atomic mass is 9.90. The maximum atomic E-state index is 12.8. The maximum Gasteiger partial charge on any atom is 0.427 e. The second-order valence-corrected chi connectivity index (χ2v) is 8.25. The molecule has 29 heavy (non-hydrogen) atoms. The van der Waals surface area contributed by atoms with Crippen LogP contribution in [0.15, 0.2) is 24.4 Å². The molecule has 2 aromatic rings. The lowest BCUT2D eigenvalue weighted by molar-refractivity contribution is -0.384. The molecule has 1 fully saturated rings. The summed E-state index contributed by atoms with van der Waals surface area (Å²) in [4.78, 5) is 28.0. The zero-order valence-corrected chi connectivity index (χ0v) is 15.9. The number of carbonyl (C=O) groups is 1. The van der Waals surface area contributed by atoms with Gasteiger partial charge in [0.25, 0.3) is 11.6 Å². The fourth-order valence-corrected chi connectivity index (χ4v) is 4.71. The van der Waals surface area contributed by atoms with Crippen molar-refractivity contribution < 1.29 is 22.9 Å². The minimum Gasteiger partial charge on any atom is -0.359 e. The van der Waals surface area contributed by atoms with Crippen LogP contribution in [-0.2, 0) is 12.7 Å². The molecule has 0 bridgehead atoms. The first-order valence-corrected chi connectivity index (χ1v) is 9.92. The van der Waals surface area contributed by atoms with Crippen molar-refractivity contribution in [2.75, 3.05) is 5.32 Å². The van der Waals surface area contributed by atoms with E-state index >= 15 is 0 Å². The van der Waals surface area contributed by atoms with Crippen molar-refractivity contribution in [3.05, 3.63) is 50.5 Å². The largest absolute Gasteiger partial charge is 0.427 e. The van der Waals surface area contributed by atoms with E-state index in [4.69, 9.17) is 0 Å². The van der Waals surface area contributed by atoms with E-state index in [1.165, 1.54) is 12.1 Å². The summed E-state index contributed by atoms with van der Waals surface area (Å²) in [6, 6.07) is 4.14. The van der Waals surface area contributed by atoms with Crippen molar-refractivity contribution in [3.8, 4) is 0 Å². The van der Waals surface area contributed by atoms with Crippen LogP contribution in [0.3, 0.4) is 0 Å². The monoisotopic (exact) mass is 426 g/mol. The number of halogens is 3. The number of aromatic nitrogens is 1. The van der Waals surface area contributed by atoms with Gasteiger partial charge in [-0.15, -0.1) is 0 Å². The van der Waals surface area contributed by atoms with Gasteiger partial charge in [0.1, 0.15) is 4.88 Å². The Kier molecular flexibility index (Phi) is 4.93. The standard InChI is InChI=1S/C18H17F3N4O3S/c19-18(20,21)15-8-22-17(29-15)23-11-2-1-3-12(6-11)24-9-10-4-5-13(25(27)28)7-14(10)16(24)26/h4-5,7-8,11-12H,1-3,6,9H2,(H,22,23)/t11-,12+/m1/s1. The number of hydrogen-bond acceptors (Lipinski definition) is 6. The minimum absolute atomic E-state index is 0.0812. The van der Waals surface area contributed by atoms with E-state index in [0.29, 0.717) is 29.9 Å². The predicted octanol–water partition coefficient (Wildman–Crippen LogP) is 4.45. The zero-order chi connectivity index (χ0) is 20.8. The maximum absolute atomic E-state index is 12.8. The molecule has 1 N–H and O–H groups in total. The molecule has 4 rings (SSSR count). The number of non-ortho nitro benzene ring substituents is 1. The van der Waals surface area contributed by atoms with Crippen molar-refractivity contribution in [2.45, 2.75) is 50.5 Å². The van der Waals surface area contributed by atoms with Gasteiger partial charge >= 0.3 is 6.18 Å². The zero-order valence-electron chi connectivity index (χ0n) is 15.1. The summed E-state index contributed by atoms with van der Waals surface area (Å²) < 4.78 is 38.3. The van der Waals surface area contributed by atoms with Crippen molar-refractivity contribution in [1.29, 1.82) is 0 Å². The van der Waals surface area contributed by atoms with Crippen LogP contribution in [0.5, 0.6) is 0 Å². The first-order valence-electron chi connectivity index (χ1n) is 9.10. The summed E-state index contributed by atoms with van der Waals surface area (Å²) in [7, 11) is 0. The summed E-state index contributed by atoms with van der Waals surface area (Å²) in [5, 5.41) is 14.3. The number of benzene rings is 1. The smallest absolute Gasteiger partial charge is 0.359 e. The van der Waals surface area contributed by atoms with Crippen LogP contribution in [0.4, 0.5) is 24.0 Å². The highest BCUT2D eigenvalue weighted by atomic mass is 32.1. The molecule has 0 saturated heterocycles. The first kappa shape index (κ1) is 19.6. The number of thiazole rings is 1. The van der Waals surface area contributed by atoms with Crippen molar-refractivity contribution in [3.63, 3.8) is 0 Å². The molecule has 2 aliphatic rings. The molecule has 2 heterocycles. The van der Waals surface area contributed by atoms with E-state index in [1.807, 2.05) is 0 Å². The number of anilines is 1. The van der Waals surface area contributed by atoms with Gasteiger partial charge in [-0.2, -0.15) is 13.2 Å². The summed E-state index contributed by atoms with van der Waals surface area (Å²) in [5.74, 6) is -0.233. The van der Waals surface area contributed by atoms with E-state index in [1.54, 1.807) is 11.0 Å². The van der Waals surface area contributed by atoms with E-state index in [9.17, 15) is 28.1 Å². The lowest BCUT2D eigenvalue weighted by Crippen LogP contribution is -2.42. The lowest BCUT2D eigenvalue weighted by Gasteiger charge is -2.35. The van der Waals surface area contributed by atoms with Gasteiger partial charge in [0.2, 0.25) is 0 Å². The molecule has 2 atom stereocenters. The van der Waals surface area contributed by atoms with E-state index in [-0.39, 0.29) is 28.8 Å². The quantitative estimate of drug-likeness (QED) is 0.577. The third kappa shape index (κ3) is 3.91. The van der Waals surface area contributed by atoms with Crippen LogP contribution in [-0.4, -0.2) is 32.8 Å². The number of amides is 1. The molecule has 1 saturated carbocycles. The molecule has 0 unspecified atom stereocenters. The Morgan fingerprint density at radius 1 is 1.31 bits per heavy atom. The molecule has 1 aromatic heterocycles. The number of hydrogen-bond donors (Lipinski definition) is 1. The van der Waals surface area contributed by atoms with Gasteiger partial charge in [0.15, 0.2) is 5.13 Å². The normalized spacial score (nSPS) is 21.9. The molecule has 1 amide bonds. The van der Waals surface area contributed by atoms with Gasteiger partial charge in [-0.05, 0) is 37.3 Å². The highest BCUT2D eigenvalue weighted by Gasteiger charge is 2.37. The van der Waals surface area contributed by atoms with Crippen LogP contribution in [0.2, 0.25) is 0 Å². The Morgan fingerprint density at radius 2 is 2.10 bits per heavy atom. The Balaban J connectivity index is 1.44. The molecule has 1 aromatic carbocycles. The van der Waals surface area contributed by atoms with Crippen LogP contribution >= 0.6 is 11.3 Å². The molecule has 11 heteroatoms. The highest BCUT2D eigenvalue weighted by Crippen LogP contribution is 2.37. The van der Waals surface area contributed by atoms with Gasteiger partial charge in [0, 0.05) is 30.8 Å². The van der Waals surface area contributed by atoms with Gasteiger partial charge in [-0.25, -0.2) is 4.98 Å². The second kappa shape index (κ2) is 7.29. The van der Waals surface area contributed by atoms with Crippen molar-refractivity contribution in [1.82, 2.24) is 9.88 Å². The Labute approximate surface area is 167 Å². The number of fused-ring (bicyclic) bond motifs is 1. The first-order chi connectivity index (χ1) is 13.7. The van der Waals surface area contributed by atoms with Crippen LogP contribution in [0, 0.1) is 10.1 Å². The average molecular weight is 426 g/mol. The van der Waals surface area contributed by atoms with Crippen molar-refractivity contribution >= 4 is 28.1 Å². The molecule has 0 spiro atoms. The molecule has 1 aliphatic heterocycles. The molecule has 154 valence electrons. The van der Waals surface area contributed by atoms with Gasteiger partial charge in [-0.1, -0.05) is 11.3 Å². The summed E-state index contributed by atoms with van der Waals surface area (Å²) in [6.45, 7) is 0.388. The third-order valence-electron chi connectivity index (χ3n) is 5.34. The number of carbonyl (C=O) groups excluding carboxylic acids is 1. The van der Waals surface area contributed by atoms with Crippen molar-refractivity contribution in [2.24, 2.45) is 0 Å². The van der Waals surface area contributed by atoms with E-state index in [2.05, 4.69) is 10.3 Å². The van der Waals surface area contributed by atoms with E-state index < -0.39 is 16.0 Å². The Hall–Kier alpha value is -2.69. The molecule has 7 nitrogen and oxygen atoms in total. The topological polar surface area (TPSA) is 88.4 Å². The number of alkyl halides is 3. The number of nitrogens with zero attached hydrogens (tertiary/aromatic N) is 3. The number of nitro benzene ring substituents is 1. The third-order valence-corrected chi connectivity index (χ3v) is 6.31. The number of nitrogens with one attached hydrogen (secondary N) is 1. The van der Waals surface area contributed by atoms with Crippen LogP contribution in [0.1, 0.15) is 46.5 Å². The summed E-state index contributed by atoms with van der Waals surface area (Å²) in [5.41, 5.74) is 0.987. The van der Waals surface area contributed by atoms with Gasteiger partial charge in [0.05, 0.1) is 16.7 Å². The van der Waals surface area contributed by atoms with Crippen LogP contribution in [0.25, 0.3) is 0 Å². The molecular formula is C18H17F3N4O3S. The second-order valence-electron chi connectivity index (χ2n) is 7.22. The fraction of sp³-hybridized carbons (Fsp3) is 0.444. The van der Waals surface area contributed by atoms with Gasteiger partial charge in [-0.3, -0.25) is 14.9 Å². The molecule has 0 radical (unpaired) electrons. The van der Waals surface area contributed by atoms with E-state index in [0.717, 1.165) is 31.0 Å². The van der Waals surface area contributed by atoms with Crippen LogP contribution < -0.4 is 5.32 Å². The predicted molar refractivity (Wildman–Crippen MR) is 99.8 cm³/mol. The molecular weight excluding hydrogens is 409 g/mol. The minimum atomic E-state index is -4.41. The number of nitro groups is 1.